The van der Waals surface area contributed by atoms with Crippen LogP contribution in [0.4, 0.5) is 0 Å². The lowest BCUT2D eigenvalue weighted by atomic mass is 9.84. The number of benzene rings is 1. The fraction of sp³-hybridized carbons (Fsp3) is 0.429. The molecule has 2 heteroatoms. The summed E-state index contributed by atoms with van der Waals surface area (Å²) in [5.74, 6) is 3.22. The average molecular weight is 298 g/mol. The summed E-state index contributed by atoms with van der Waals surface area (Å²) < 4.78 is 1.07. The number of hydrogen-bond acceptors (Lipinski definition) is 0. The highest BCUT2D eigenvalue weighted by atomic mass is 79.9. The van der Waals surface area contributed by atoms with Gasteiger partial charge in [-0.05, 0) is 36.5 Å². The van der Waals surface area contributed by atoms with Gasteiger partial charge >= 0.3 is 0 Å². The van der Waals surface area contributed by atoms with Crippen molar-refractivity contribution in [2.24, 2.45) is 0 Å². The fourth-order valence-corrected chi connectivity index (χ4v) is 3.72. The highest BCUT2D eigenvalue weighted by molar-refractivity contribution is 9.10. The molecule has 16 heavy (non-hydrogen) atoms. The van der Waals surface area contributed by atoms with Gasteiger partial charge in [0, 0.05) is 15.1 Å². The second-order valence-corrected chi connectivity index (χ2v) is 5.59. The minimum Gasteiger partial charge on any atom is -0.115 e. The Hall–Kier alpha value is -0.450. The van der Waals surface area contributed by atoms with Crippen molar-refractivity contribution in [1.29, 1.82) is 0 Å². The van der Waals surface area contributed by atoms with Crippen LogP contribution in [-0.2, 0) is 0 Å². The third kappa shape index (κ3) is 2.44. The van der Waals surface area contributed by atoms with E-state index in [1.54, 1.807) is 0 Å². The van der Waals surface area contributed by atoms with Gasteiger partial charge in [0.1, 0.15) is 0 Å². The maximum atomic E-state index is 6.32. The SMILES string of the molecule is C#Cc1cc(Cl)c(C2CCCCC2)c(Br)c1. The Morgan fingerprint density at radius 3 is 2.50 bits per heavy atom. The molecule has 0 atom stereocenters. The monoisotopic (exact) mass is 296 g/mol. The smallest absolute Gasteiger partial charge is 0.0464 e. The van der Waals surface area contributed by atoms with Crippen molar-refractivity contribution >= 4 is 27.5 Å². The molecular formula is C14H14BrCl. The van der Waals surface area contributed by atoms with Crippen LogP contribution in [0.5, 0.6) is 0 Å². The Morgan fingerprint density at radius 2 is 1.94 bits per heavy atom. The van der Waals surface area contributed by atoms with Crippen molar-refractivity contribution in [2.75, 3.05) is 0 Å². The standard InChI is InChI=1S/C14H14BrCl/c1-2-10-8-12(15)14(13(16)9-10)11-6-4-3-5-7-11/h1,8-9,11H,3-7H2. The van der Waals surface area contributed by atoms with Gasteiger partial charge in [-0.25, -0.2) is 0 Å². The summed E-state index contributed by atoms with van der Waals surface area (Å²) in [5.41, 5.74) is 2.09. The molecule has 0 heterocycles. The van der Waals surface area contributed by atoms with E-state index in [1.807, 2.05) is 12.1 Å². The Labute approximate surface area is 111 Å². The molecule has 0 spiro atoms. The van der Waals surface area contributed by atoms with Crippen molar-refractivity contribution in [1.82, 2.24) is 0 Å². The van der Waals surface area contributed by atoms with E-state index in [2.05, 4.69) is 21.9 Å². The first-order valence-corrected chi connectivity index (χ1v) is 6.85. The van der Waals surface area contributed by atoms with Gasteiger partial charge in [0.2, 0.25) is 0 Å². The summed E-state index contributed by atoms with van der Waals surface area (Å²) >= 11 is 9.92. The van der Waals surface area contributed by atoms with Gasteiger partial charge in [0.25, 0.3) is 0 Å². The summed E-state index contributed by atoms with van der Waals surface area (Å²) in [6.45, 7) is 0. The quantitative estimate of drug-likeness (QED) is 0.630. The van der Waals surface area contributed by atoms with Gasteiger partial charge in [0.05, 0.1) is 0 Å². The molecule has 1 aliphatic carbocycles. The first kappa shape index (κ1) is 12.0. The Balaban J connectivity index is 2.36. The largest absolute Gasteiger partial charge is 0.115 e. The van der Waals surface area contributed by atoms with Crippen molar-refractivity contribution in [3.63, 3.8) is 0 Å². The van der Waals surface area contributed by atoms with E-state index in [4.69, 9.17) is 18.0 Å². The van der Waals surface area contributed by atoms with Crippen LogP contribution in [0.3, 0.4) is 0 Å². The van der Waals surface area contributed by atoms with Crippen molar-refractivity contribution in [3.8, 4) is 12.3 Å². The van der Waals surface area contributed by atoms with E-state index in [1.165, 1.54) is 37.7 Å². The number of rotatable bonds is 1. The summed E-state index contributed by atoms with van der Waals surface area (Å²) in [7, 11) is 0. The molecule has 0 saturated heterocycles. The molecule has 0 radical (unpaired) electrons. The molecule has 0 bridgehead atoms. The molecule has 0 aliphatic heterocycles. The summed E-state index contributed by atoms with van der Waals surface area (Å²) in [4.78, 5) is 0. The number of hydrogen-bond donors (Lipinski definition) is 0. The lowest BCUT2D eigenvalue weighted by Crippen LogP contribution is -2.06. The Bertz CT molecular complexity index is 402. The predicted octanol–water partition coefficient (Wildman–Crippen LogP) is 5.13. The second-order valence-electron chi connectivity index (χ2n) is 4.33. The highest BCUT2D eigenvalue weighted by Gasteiger charge is 2.20. The normalized spacial score (nSPS) is 17.1. The lowest BCUT2D eigenvalue weighted by Gasteiger charge is -2.24. The van der Waals surface area contributed by atoms with Crippen LogP contribution in [0.15, 0.2) is 16.6 Å². The van der Waals surface area contributed by atoms with Crippen molar-refractivity contribution in [2.45, 2.75) is 38.0 Å². The van der Waals surface area contributed by atoms with E-state index in [9.17, 15) is 0 Å². The van der Waals surface area contributed by atoms with E-state index in [-0.39, 0.29) is 0 Å². The van der Waals surface area contributed by atoms with Crippen LogP contribution < -0.4 is 0 Å². The van der Waals surface area contributed by atoms with Crippen LogP contribution in [0.25, 0.3) is 0 Å². The van der Waals surface area contributed by atoms with E-state index >= 15 is 0 Å². The van der Waals surface area contributed by atoms with Gasteiger partial charge in [0.15, 0.2) is 0 Å². The van der Waals surface area contributed by atoms with Crippen molar-refractivity contribution < 1.29 is 0 Å². The lowest BCUT2D eigenvalue weighted by molar-refractivity contribution is 0.442. The molecule has 1 aromatic rings. The zero-order valence-electron chi connectivity index (χ0n) is 9.10. The van der Waals surface area contributed by atoms with Crippen LogP contribution in [0.1, 0.15) is 49.1 Å². The zero-order chi connectivity index (χ0) is 11.5. The molecule has 1 saturated carbocycles. The topological polar surface area (TPSA) is 0 Å². The molecule has 1 fully saturated rings. The third-order valence-electron chi connectivity index (χ3n) is 3.26. The van der Waals surface area contributed by atoms with E-state index in [0.717, 1.165) is 15.1 Å². The molecule has 0 amide bonds. The molecule has 84 valence electrons. The van der Waals surface area contributed by atoms with Gasteiger partial charge < -0.3 is 0 Å². The third-order valence-corrected chi connectivity index (χ3v) is 4.23. The minimum atomic E-state index is 0.599. The molecular weight excluding hydrogens is 284 g/mol. The van der Waals surface area contributed by atoms with Gasteiger partial charge in [-0.3, -0.25) is 0 Å². The second kappa shape index (κ2) is 5.25. The summed E-state index contributed by atoms with van der Waals surface area (Å²) in [6.07, 6.45) is 11.8. The molecule has 0 aromatic heterocycles. The molecule has 0 N–H and O–H groups in total. The number of halogens is 2. The van der Waals surface area contributed by atoms with E-state index in [0.29, 0.717) is 5.92 Å². The first-order valence-electron chi connectivity index (χ1n) is 5.68. The van der Waals surface area contributed by atoms with Crippen LogP contribution in [0.2, 0.25) is 5.02 Å². The van der Waals surface area contributed by atoms with Gasteiger partial charge in [-0.15, -0.1) is 6.42 Å². The number of terminal acetylenes is 1. The molecule has 1 aliphatic rings. The van der Waals surface area contributed by atoms with Gasteiger partial charge in [-0.1, -0.05) is 52.7 Å². The molecule has 2 rings (SSSR count). The zero-order valence-corrected chi connectivity index (χ0v) is 11.4. The highest BCUT2D eigenvalue weighted by Crippen LogP contribution is 2.40. The van der Waals surface area contributed by atoms with Crippen LogP contribution >= 0.6 is 27.5 Å². The van der Waals surface area contributed by atoms with E-state index < -0.39 is 0 Å². The Kier molecular flexibility index (Phi) is 3.95. The summed E-state index contributed by atoms with van der Waals surface area (Å²) in [6, 6.07) is 3.89. The van der Waals surface area contributed by atoms with Gasteiger partial charge in [-0.2, -0.15) is 0 Å². The minimum absolute atomic E-state index is 0.599. The molecule has 0 nitrogen and oxygen atoms in total. The van der Waals surface area contributed by atoms with Crippen LogP contribution in [-0.4, -0.2) is 0 Å². The predicted molar refractivity (Wildman–Crippen MR) is 72.9 cm³/mol. The maximum Gasteiger partial charge on any atom is 0.0464 e. The maximum absolute atomic E-state index is 6.32. The summed E-state index contributed by atoms with van der Waals surface area (Å²) in [5, 5.41) is 0.814. The molecule has 0 unspecified atom stereocenters. The molecule has 1 aromatic carbocycles. The fourth-order valence-electron chi connectivity index (χ4n) is 2.45. The Morgan fingerprint density at radius 1 is 1.25 bits per heavy atom. The van der Waals surface area contributed by atoms with Crippen molar-refractivity contribution in [3.05, 3.63) is 32.8 Å². The average Bonchev–Trinajstić information content (AvgIpc) is 2.29. The van der Waals surface area contributed by atoms with Crippen LogP contribution in [0, 0.1) is 12.3 Å². The first-order chi connectivity index (χ1) is 7.72.